The van der Waals surface area contributed by atoms with Crippen LogP contribution in [-0.4, -0.2) is 38.7 Å². The normalized spacial score (nSPS) is 10.6. The van der Waals surface area contributed by atoms with Crippen molar-refractivity contribution in [3.8, 4) is 5.75 Å². The molecule has 2 aromatic carbocycles. The molecule has 0 bridgehead atoms. The predicted molar refractivity (Wildman–Crippen MR) is 115 cm³/mol. The van der Waals surface area contributed by atoms with Crippen molar-refractivity contribution in [3.63, 3.8) is 0 Å². The van der Waals surface area contributed by atoms with E-state index in [1.165, 1.54) is 35.0 Å². The third kappa shape index (κ3) is 4.45. The van der Waals surface area contributed by atoms with Crippen LogP contribution in [0.25, 0.3) is 5.65 Å². The average Bonchev–Trinajstić information content (AvgIpc) is 3.22. The Labute approximate surface area is 177 Å². The fraction of sp³-hybridized carbons (Fsp3) is 0.0909. The number of amides is 1. The number of aromatic nitrogens is 3. The van der Waals surface area contributed by atoms with E-state index in [2.05, 4.69) is 20.7 Å². The number of carbonyl (C=O) groups is 2. The lowest BCUT2D eigenvalue weighted by Gasteiger charge is -2.08. The molecule has 0 unspecified atom stereocenters. The van der Waals surface area contributed by atoms with E-state index in [4.69, 9.17) is 9.84 Å². The van der Waals surface area contributed by atoms with Gasteiger partial charge in [0, 0.05) is 12.2 Å². The topological polar surface area (TPSA) is 118 Å². The number of fused-ring (bicyclic) bond motifs is 1. The lowest BCUT2D eigenvalue weighted by molar-refractivity contribution is 0.0696. The molecule has 4 rings (SSSR count). The van der Waals surface area contributed by atoms with Crippen molar-refractivity contribution in [2.45, 2.75) is 6.54 Å². The highest BCUT2D eigenvalue weighted by molar-refractivity contribution is 6.03. The number of methoxy groups -OCH3 is 1. The summed E-state index contributed by atoms with van der Waals surface area (Å²) in [4.78, 5) is 27.9. The van der Waals surface area contributed by atoms with Gasteiger partial charge >= 0.3 is 5.97 Å². The van der Waals surface area contributed by atoms with Gasteiger partial charge in [-0.15, -0.1) is 5.10 Å². The number of hydrogen-bond acceptors (Lipinski definition) is 6. The summed E-state index contributed by atoms with van der Waals surface area (Å²) in [7, 11) is 1.62. The minimum atomic E-state index is -1.03. The van der Waals surface area contributed by atoms with E-state index in [-0.39, 0.29) is 11.3 Å². The lowest BCUT2D eigenvalue weighted by atomic mass is 10.2. The zero-order valence-corrected chi connectivity index (χ0v) is 16.6. The molecule has 1 amide bonds. The van der Waals surface area contributed by atoms with Gasteiger partial charge in [-0.05, 0) is 54.1 Å². The molecule has 0 fully saturated rings. The van der Waals surface area contributed by atoms with Crippen LogP contribution in [0.5, 0.6) is 5.75 Å². The Morgan fingerprint density at radius 2 is 1.77 bits per heavy atom. The third-order valence-corrected chi connectivity index (χ3v) is 4.62. The van der Waals surface area contributed by atoms with E-state index in [0.29, 0.717) is 23.7 Å². The minimum Gasteiger partial charge on any atom is -0.497 e. The van der Waals surface area contributed by atoms with Crippen LogP contribution in [0.2, 0.25) is 0 Å². The maximum atomic E-state index is 12.7. The number of ether oxygens (including phenoxy) is 1. The van der Waals surface area contributed by atoms with Crippen LogP contribution < -0.4 is 15.4 Å². The molecule has 4 aromatic rings. The first kappa shape index (κ1) is 19.9. The summed E-state index contributed by atoms with van der Waals surface area (Å²) in [5, 5.41) is 19.4. The molecule has 0 aliphatic heterocycles. The SMILES string of the molecule is COc1ccc(CNc2ccc3ncc(C(=O)Nc4ccc(C(=O)O)cc4)n3n2)cc1. The molecule has 156 valence electrons. The Hall–Kier alpha value is -4.40. The van der Waals surface area contributed by atoms with Gasteiger partial charge in [-0.1, -0.05) is 12.1 Å². The summed E-state index contributed by atoms with van der Waals surface area (Å²) in [6.07, 6.45) is 1.44. The van der Waals surface area contributed by atoms with Crippen LogP contribution in [0.1, 0.15) is 26.4 Å². The zero-order valence-electron chi connectivity index (χ0n) is 16.6. The highest BCUT2D eigenvalue weighted by Crippen LogP contribution is 2.15. The molecular weight excluding hydrogens is 398 g/mol. The number of rotatable bonds is 7. The molecular formula is C22H19N5O4. The second kappa shape index (κ2) is 8.54. The van der Waals surface area contributed by atoms with E-state index in [0.717, 1.165) is 11.3 Å². The molecule has 2 aromatic heterocycles. The smallest absolute Gasteiger partial charge is 0.335 e. The molecule has 9 nitrogen and oxygen atoms in total. The van der Waals surface area contributed by atoms with Gasteiger partial charge in [-0.2, -0.15) is 0 Å². The number of nitrogens with one attached hydrogen (secondary N) is 2. The molecule has 0 saturated heterocycles. The van der Waals surface area contributed by atoms with E-state index in [1.54, 1.807) is 19.2 Å². The second-order valence-electron chi connectivity index (χ2n) is 6.67. The summed E-state index contributed by atoms with van der Waals surface area (Å²) in [5.41, 5.74) is 2.45. The first-order valence-electron chi connectivity index (χ1n) is 9.40. The zero-order chi connectivity index (χ0) is 21.8. The Kier molecular flexibility index (Phi) is 5.48. The summed E-state index contributed by atoms with van der Waals surface area (Å²) >= 11 is 0. The lowest BCUT2D eigenvalue weighted by Crippen LogP contribution is -2.16. The van der Waals surface area contributed by atoms with Crippen molar-refractivity contribution in [2.24, 2.45) is 0 Å². The van der Waals surface area contributed by atoms with Crippen LogP contribution >= 0.6 is 0 Å². The summed E-state index contributed by atoms with van der Waals surface area (Å²) in [5.74, 6) is -0.0648. The van der Waals surface area contributed by atoms with Gasteiger partial charge < -0.3 is 20.5 Å². The van der Waals surface area contributed by atoms with Gasteiger partial charge in [-0.3, -0.25) is 4.79 Å². The molecule has 0 aliphatic rings. The fourth-order valence-electron chi connectivity index (χ4n) is 2.95. The monoisotopic (exact) mass is 417 g/mol. The second-order valence-corrected chi connectivity index (χ2v) is 6.67. The van der Waals surface area contributed by atoms with Crippen molar-refractivity contribution >= 4 is 29.0 Å². The number of anilines is 2. The predicted octanol–water partition coefficient (Wildman–Crippen LogP) is 3.30. The fourth-order valence-corrected chi connectivity index (χ4v) is 2.95. The number of hydrogen-bond donors (Lipinski definition) is 3. The standard InChI is InChI=1S/C22H19N5O4/c1-31-17-8-2-14(3-9-17)12-23-19-10-11-20-24-13-18(27(20)26-19)21(28)25-16-6-4-15(5-7-16)22(29)30/h2-11,13H,12H2,1H3,(H,23,26)(H,25,28)(H,29,30). The number of imidazole rings is 1. The summed E-state index contributed by atoms with van der Waals surface area (Å²) in [6.45, 7) is 0.550. The summed E-state index contributed by atoms with van der Waals surface area (Å²) < 4.78 is 6.61. The van der Waals surface area contributed by atoms with E-state index in [9.17, 15) is 9.59 Å². The van der Waals surface area contributed by atoms with Crippen molar-refractivity contribution in [1.82, 2.24) is 14.6 Å². The highest BCUT2D eigenvalue weighted by atomic mass is 16.5. The first-order valence-corrected chi connectivity index (χ1v) is 9.40. The maximum Gasteiger partial charge on any atom is 0.335 e. The number of carboxylic acid groups (broad SMARTS) is 1. The molecule has 31 heavy (non-hydrogen) atoms. The maximum absolute atomic E-state index is 12.7. The van der Waals surface area contributed by atoms with Gasteiger partial charge in [0.15, 0.2) is 11.3 Å². The van der Waals surface area contributed by atoms with Crippen LogP contribution in [0.15, 0.2) is 66.9 Å². The number of nitrogens with zero attached hydrogens (tertiary/aromatic N) is 3. The van der Waals surface area contributed by atoms with E-state index < -0.39 is 11.9 Å². The first-order chi connectivity index (χ1) is 15.0. The molecule has 2 heterocycles. The van der Waals surface area contributed by atoms with Crippen molar-refractivity contribution < 1.29 is 19.4 Å². The molecule has 0 spiro atoms. The van der Waals surface area contributed by atoms with Gasteiger partial charge in [0.1, 0.15) is 11.6 Å². The quantitative estimate of drug-likeness (QED) is 0.422. The van der Waals surface area contributed by atoms with Gasteiger partial charge in [0.25, 0.3) is 5.91 Å². The number of carbonyl (C=O) groups excluding carboxylic acids is 1. The molecule has 0 saturated carbocycles. The molecule has 0 aliphatic carbocycles. The van der Waals surface area contributed by atoms with Gasteiger partial charge in [-0.25, -0.2) is 14.3 Å². The van der Waals surface area contributed by atoms with Gasteiger partial charge in [0.2, 0.25) is 0 Å². The number of carboxylic acids is 1. The highest BCUT2D eigenvalue weighted by Gasteiger charge is 2.14. The summed E-state index contributed by atoms with van der Waals surface area (Å²) in [6, 6.07) is 17.1. The van der Waals surface area contributed by atoms with Crippen LogP contribution in [0.3, 0.4) is 0 Å². The van der Waals surface area contributed by atoms with Crippen LogP contribution in [-0.2, 0) is 6.54 Å². The molecule has 3 N–H and O–H groups in total. The average molecular weight is 417 g/mol. The Morgan fingerprint density at radius 3 is 2.45 bits per heavy atom. The van der Waals surface area contributed by atoms with E-state index >= 15 is 0 Å². The minimum absolute atomic E-state index is 0.141. The molecule has 9 heteroatoms. The largest absolute Gasteiger partial charge is 0.497 e. The van der Waals surface area contributed by atoms with Crippen LogP contribution in [0, 0.1) is 0 Å². The van der Waals surface area contributed by atoms with Crippen LogP contribution in [0.4, 0.5) is 11.5 Å². The number of benzene rings is 2. The van der Waals surface area contributed by atoms with Crippen molar-refractivity contribution in [2.75, 3.05) is 17.7 Å². The molecule has 0 radical (unpaired) electrons. The van der Waals surface area contributed by atoms with E-state index in [1.807, 2.05) is 24.3 Å². The number of aromatic carboxylic acids is 1. The third-order valence-electron chi connectivity index (χ3n) is 4.62. The Bertz CT molecular complexity index is 1230. The van der Waals surface area contributed by atoms with Crippen molar-refractivity contribution in [3.05, 3.63) is 83.7 Å². The molecule has 0 atom stereocenters. The Morgan fingerprint density at radius 1 is 1.03 bits per heavy atom. The van der Waals surface area contributed by atoms with Gasteiger partial charge in [0.05, 0.1) is 18.9 Å². The van der Waals surface area contributed by atoms with Crippen molar-refractivity contribution in [1.29, 1.82) is 0 Å². The Balaban J connectivity index is 1.49.